The van der Waals surface area contributed by atoms with E-state index >= 15 is 0 Å². The molecular weight excluding hydrogens is 384 g/mol. The Morgan fingerprint density at radius 3 is 2.76 bits per heavy atom. The first-order valence-corrected chi connectivity index (χ1v) is 8.72. The van der Waals surface area contributed by atoms with Crippen LogP contribution in [0.2, 0.25) is 0 Å². The lowest BCUT2D eigenvalue weighted by Crippen LogP contribution is -2.22. The van der Waals surface area contributed by atoms with E-state index in [4.69, 9.17) is 4.74 Å². The van der Waals surface area contributed by atoms with Crippen LogP contribution in [-0.4, -0.2) is 19.2 Å². The molecule has 25 heavy (non-hydrogen) atoms. The van der Waals surface area contributed by atoms with E-state index in [2.05, 4.69) is 26.1 Å². The average Bonchev–Trinajstić information content (AvgIpc) is 3.04. The number of aromatic nitrogens is 4. The molecule has 0 fully saturated rings. The molecule has 0 amide bonds. The molecule has 2 heterocycles. The van der Waals surface area contributed by atoms with Crippen LogP contribution in [0.5, 0.6) is 5.75 Å². The molecule has 0 spiro atoms. The summed E-state index contributed by atoms with van der Waals surface area (Å²) in [5.74, 6) is 1.91. The van der Waals surface area contributed by atoms with Crippen LogP contribution in [0.15, 0.2) is 57.8 Å². The Morgan fingerprint density at radius 1 is 1.12 bits per heavy atom. The number of fused-ring (bicyclic) bond motifs is 3. The minimum atomic E-state index is -0.0579. The van der Waals surface area contributed by atoms with E-state index in [0.29, 0.717) is 23.5 Å². The molecular formula is C18H15BrN4O2. The zero-order valence-electron chi connectivity index (χ0n) is 13.5. The Hall–Kier alpha value is -2.67. The molecule has 2 aromatic heterocycles. The van der Waals surface area contributed by atoms with Crippen molar-refractivity contribution in [3.05, 3.63) is 69.2 Å². The van der Waals surface area contributed by atoms with E-state index in [1.54, 1.807) is 4.57 Å². The summed E-state index contributed by atoms with van der Waals surface area (Å²) in [5.41, 5.74) is 0.725. The average molecular weight is 399 g/mol. The van der Waals surface area contributed by atoms with E-state index in [0.717, 1.165) is 15.7 Å². The van der Waals surface area contributed by atoms with Crippen molar-refractivity contribution in [2.24, 2.45) is 0 Å². The summed E-state index contributed by atoms with van der Waals surface area (Å²) in [7, 11) is 0. The van der Waals surface area contributed by atoms with Gasteiger partial charge in [-0.3, -0.25) is 13.8 Å². The molecule has 0 radical (unpaired) electrons. The summed E-state index contributed by atoms with van der Waals surface area (Å²) in [6, 6.07) is 15.1. The number of hydrogen-bond acceptors (Lipinski definition) is 4. The van der Waals surface area contributed by atoms with Gasteiger partial charge >= 0.3 is 0 Å². The van der Waals surface area contributed by atoms with Crippen LogP contribution in [0.1, 0.15) is 12.7 Å². The number of rotatable bonds is 4. The van der Waals surface area contributed by atoms with Crippen molar-refractivity contribution in [2.45, 2.75) is 20.1 Å². The predicted molar refractivity (Wildman–Crippen MR) is 98.9 cm³/mol. The van der Waals surface area contributed by atoms with Crippen LogP contribution in [-0.2, 0) is 13.2 Å². The largest absolute Gasteiger partial charge is 0.486 e. The molecule has 0 N–H and O–H groups in total. The molecule has 0 aliphatic heterocycles. The zero-order valence-corrected chi connectivity index (χ0v) is 15.1. The summed E-state index contributed by atoms with van der Waals surface area (Å²) >= 11 is 3.43. The lowest BCUT2D eigenvalue weighted by atomic mass is 10.2. The fourth-order valence-corrected chi connectivity index (χ4v) is 3.28. The van der Waals surface area contributed by atoms with Crippen molar-refractivity contribution in [3.8, 4) is 5.75 Å². The second-order valence-electron chi connectivity index (χ2n) is 5.56. The normalized spacial score (nSPS) is 11.3. The summed E-state index contributed by atoms with van der Waals surface area (Å²) in [6.07, 6.45) is 0. The van der Waals surface area contributed by atoms with Gasteiger partial charge < -0.3 is 4.74 Å². The van der Waals surface area contributed by atoms with Crippen molar-refractivity contribution < 1.29 is 4.74 Å². The Morgan fingerprint density at radius 2 is 1.96 bits per heavy atom. The number of para-hydroxylation sites is 1. The number of benzene rings is 2. The van der Waals surface area contributed by atoms with Crippen molar-refractivity contribution in [3.63, 3.8) is 0 Å². The Bertz CT molecular complexity index is 1130. The van der Waals surface area contributed by atoms with E-state index in [1.807, 2.05) is 59.9 Å². The van der Waals surface area contributed by atoms with Gasteiger partial charge in [-0.2, -0.15) is 0 Å². The molecule has 4 rings (SSSR count). The lowest BCUT2D eigenvalue weighted by Gasteiger charge is -2.10. The maximum atomic E-state index is 12.6. The molecule has 0 atom stereocenters. The number of aryl methyl sites for hydroxylation is 1. The highest BCUT2D eigenvalue weighted by Crippen LogP contribution is 2.20. The van der Waals surface area contributed by atoms with E-state index in [-0.39, 0.29) is 12.2 Å². The minimum Gasteiger partial charge on any atom is -0.486 e. The number of ether oxygens (including phenoxy) is 1. The van der Waals surface area contributed by atoms with Gasteiger partial charge in [-0.05, 0) is 37.3 Å². The topological polar surface area (TPSA) is 61.4 Å². The maximum absolute atomic E-state index is 12.6. The fraction of sp³-hybridized carbons (Fsp3) is 0.167. The molecule has 0 aliphatic carbocycles. The molecule has 0 saturated heterocycles. The van der Waals surface area contributed by atoms with Crippen LogP contribution in [0.3, 0.4) is 0 Å². The van der Waals surface area contributed by atoms with Gasteiger partial charge in [-0.15, -0.1) is 10.2 Å². The van der Waals surface area contributed by atoms with Gasteiger partial charge in [0, 0.05) is 11.0 Å². The first-order valence-electron chi connectivity index (χ1n) is 7.93. The maximum Gasteiger partial charge on any atom is 0.262 e. The molecule has 0 saturated carbocycles. The van der Waals surface area contributed by atoms with Crippen molar-refractivity contribution >= 4 is 32.6 Å². The fourth-order valence-electron chi connectivity index (χ4n) is 2.90. The Balaban J connectivity index is 1.85. The number of halogens is 1. The molecule has 0 bridgehead atoms. The zero-order chi connectivity index (χ0) is 17.4. The highest BCUT2D eigenvalue weighted by Gasteiger charge is 2.15. The molecule has 4 aromatic rings. The van der Waals surface area contributed by atoms with Gasteiger partial charge in [0.2, 0.25) is 5.78 Å². The van der Waals surface area contributed by atoms with Crippen molar-refractivity contribution in [2.75, 3.05) is 0 Å². The van der Waals surface area contributed by atoms with Crippen LogP contribution >= 0.6 is 15.9 Å². The van der Waals surface area contributed by atoms with Gasteiger partial charge in [-0.1, -0.05) is 34.1 Å². The van der Waals surface area contributed by atoms with Gasteiger partial charge in [0.25, 0.3) is 5.56 Å². The Labute approximate surface area is 151 Å². The predicted octanol–water partition coefficient (Wildman–Crippen LogP) is 3.41. The summed E-state index contributed by atoms with van der Waals surface area (Å²) in [5, 5.41) is 9.11. The molecule has 0 aliphatic rings. The quantitative estimate of drug-likeness (QED) is 0.528. The van der Waals surface area contributed by atoms with E-state index in [1.165, 1.54) is 0 Å². The standard InChI is InChI=1S/C18H15BrN4O2/c1-2-22-17(24)14-8-3-4-9-15(14)23-16(20-21-18(22)23)11-25-13-7-5-6-12(19)10-13/h3-10H,2,11H2,1H3. The minimum absolute atomic E-state index is 0.0579. The SMILES string of the molecule is CCn1c(=O)c2ccccc2n2c(COc3cccc(Br)c3)nnc12. The number of nitrogens with zero attached hydrogens (tertiary/aromatic N) is 4. The molecule has 7 heteroatoms. The molecule has 0 unspecified atom stereocenters. The van der Waals surface area contributed by atoms with Crippen LogP contribution in [0, 0.1) is 0 Å². The third kappa shape index (κ3) is 2.70. The van der Waals surface area contributed by atoms with Gasteiger partial charge in [-0.25, -0.2) is 0 Å². The van der Waals surface area contributed by atoms with Crippen LogP contribution in [0.4, 0.5) is 0 Å². The van der Waals surface area contributed by atoms with Gasteiger partial charge in [0.05, 0.1) is 10.9 Å². The van der Waals surface area contributed by atoms with Crippen LogP contribution < -0.4 is 10.3 Å². The summed E-state index contributed by atoms with van der Waals surface area (Å²) < 4.78 is 10.3. The van der Waals surface area contributed by atoms with Crippen LogP contribution in [0.25, 0.3) is 16.7 Å². The molecule has 2 aromatic carbocycles. The lowest BCUT2D eigenvalue weighted by molar-refractivity contribution is 0.294. The third-order valence-electron chi connectivity index (χ3n) is 4.06. The van der Waals surface area contributed by atoms with E-state index < -0.39 is 0 Å². The highest BCUT2D eigenvalue weighted by molar-refractivity contribution is 9.10. The smallest absolute Gasteiger partial charge is 0.262 e. The second kappa shape index (κ2) is 6.33. The summed E-state index contributed by atoms with van der Waals surface area (Å²) in [4.78, 5) is 12.6. The first-order chi connectivity index (χ1) is 12.2. The first kappa shape index (κ1) is 15.8. The Kier molecular flexibility index (Phi) is 4.01. The highest BCUT2D eigenvalue weighted by atomic mass is 79.9. The van der Waals surface area contributed by atoms with Gasteiger partial charge in [0.15, 0.2) is 5.82 Å². The molecule has 126 valence electrons. The third-order valence-corrected chi connectivity index (χ3v) is 4.55. The van der Waals surface area contributed by atoms with E-state index in [9.17, 15) is 4.79 Å². The second-order valence-corrected chi connectivity index (χ2v) is 6.48. The molecule has 6 nitrogen and oxygen atoms in total. The van der Waals surface area contributed by atoms with Crippen molar-refractivity contribution in [1.29, 1.82) is 0 Å². The van der Waals surface area contributed by atoms with Crippen molar-refractivity contribution in [1.82, 2.24) is 19.2 Å². The summed E-state index contributed by atoms with van der Waals surface area (Å²) in [6.45, 7) is 2.70. The monoisotopic (exact) mass is 398 g/mol. The number of hydrogen-bond donors (Lipinski definition) is 0. The van der Waals surface area contributed by atoms with Gasteiger partial charge in [0.1, 0.15) is 12.4 Å².